The number of H-pyrrole nitrogens is 1. The second kappa shape index (κ2) is 5.11. The van der Waals surface area contributed by atoms with Crippen LogP contribution in [0.4, 0.5) is 5.95 Å². The Kier molecular flexibility index (Phi) is 4.09. The summed E-state index contributed by atoms with van der Waals surface area (Å²) < 4.78 is 7.61. The predicted molar refractivity (Wildman–Crippen MR) is 58.2 cm³/mol. The number of aromatic amines is 1. The number of anilines is 1. The molecule has 1 N–H and O–H groups in total. The van der Waals surface area contributed by atoms with Gasteiger partial charge in [0.1, 0.15) is 0 Å². The molecule has 0 aliphatic carbocycles. The van der Waals surface area contributed by atoms with Gasteiger partial charge < -0.3 is 9.64 Å². The number of methoxy groups -OCH3 is 1. The summed E-state index contributed by atoms with van der Waals surface area (Å²) in [6, 6.07) is 0. The molecule has 0 aliphatic heterocycles. The largest absolute Gasteiger partial charge is 0.385 e. The van der Waals surface area contributed by atoms with Gasteiger partial charge in [-0.15, -0.1) is 5.10 Å². The molecule has 0 aromatic carbocycles. The van der Waals surface area contributed by atoms with Crippen molar-refractivity contribution < 1.29 is 4.74 Å². The van der Waals surface area contributed by atoms with Crippen LogP contribution in [0.25, 0.3) is 0 Å². The standard InChI is InChI=1S/C8H16N4OS/c1-11(2)7-9-10-8(14)12(7)5-4-6-13-3/h4-6H2,1-3H3,(H,10,14). The third-order valence-corrected chi connectivity index (χ3v) is 2.18. The van der Waals surface area contributed by atoms with Crippen LogP contribution in [0.1, 0.15) is 6.42 Å². The number of ether oxygens (including phenoxy) is 1. The van der Waals surface area contributed by atoms with Crippen LogP contribution < -0.4 is 4.90 Å². The van der Waals surface area contributed by atoms with Gasteiger partial charge in [-0.05, 0) is 18.6 Å². The molecule has 14 heavy (non-hydrogen) atoms. The molecule has 0 aliphatic rings. The van der Waals surface area contributed by atoms with E-state index in [4.69, 9.17) is 17.0 Å². The lowest BCUT2D eigenvalue weighted by atomic mass is 10.4. The van der Waals surface area contributed by atoms with Crippen LogP contribution in [0.5, 0.6) is 0 Å². The third kappa shape index (κ3) is 2.55. The molecular formula is C8H16N4OS. The first kappa shape index (κ1) is 11.2. The van der Waals surface area contributed by atoms with Crippen molar-refractivity contribution >= 4 is 18.2 Å². The minimum absolute atomic E-state index is 0.657. The molecule has 0 atom stereocenters. The van der Waals surface area contributed by atoms with Crippen molar-refractivity contribution in [2.75, 3.05) is 32.7 Å². The van der Waals surface area contributed by atoms with Gasteiger partial charge in [-0.2, -0.15) is 0 Å². The van der Waals surface area contributed by atoms with Crippen LogP contribution in [0, 0.1) is 4.77 Å². The van der Waals surface area contributed by atoms with Crippen molar-refractivity contribution in [3.63, 3.8) is 0 Å². The Morgan fingerprint density at radius 3 is 2.86 bits per heavy atom. The number of nitrogens with zero attached hydrogens (tertiary/aromatic N) is 3. The highest BCUT2D eigenvalue weighted by Gasteiger charge is 2.06. The average Bonchev–Trinajstić information content (AvgIpc) is 2.48. The third-order valence-electron chi connectivity index (χ3n) is 1.87. The Labute approximate surface area is 88.7 Å². The zero-order valence-corrected chi connectivity index (χ0v) is 9.60. The highest BCUT2D eigenvalue weighted by Crippen LogP contribution is 2.08. The molecule has 1 aromatic heterocycles. The number of rotatable bonds is 5. The Bertz CT molecular complexity index is 330. The van der Waals surface area contributed by atoms with Crippen molar-refractivity contribution in [2.24, 2.45) is 0 Å². The minimum atomic E-state index is 0.657. The molecule has 0 saturated carbocycles. The summed E-state index contributed by atoms with van der Waals surface area (Å²) in [5, 5.41) is 6.90. The molecule has 5 nitrogen and oxygen atoms in total. The first-order chi connectivity index (χ1) is 6.66. The smallest absolute Gasteiger partial charge is 0.225 e. The molecular weight excluding hydrogens is 200 g/mol. The van der Waals surface area contributed by atoms with Crippen LogP contribution in [-0.4, -0.2) is 42.6 Å². The van der Waals surface area contributed by atoms with E-state index in [0.717, 1.165) is 25.5 Å². The lowest BCUT2D eigenvalue weighted by Crippen LogP contribution is -2.16. The van der Waals surface area contributed by atoms with Gasteiger partial charge in [0.2, 0.25) is 5.95 Å². The molecule has 0 unspecified atom stereocenters. The maximum absolute atomic E-state index is 5.12. The van der Waals surface area contributed by atoms with E-state index < -0.39 is 0 Å². The van der Waals surface area contributed by atoms with E-state index in [2.05, 4.69) is 10.2 Å². The lowest BCUT2D eigenvalue weighted by molar-refractivity contribution is 0.190. The highest BCUT2D eigenvalue weighted by atomic mass is 32.1. The molecule has 0 bridgehead atoms. The van der Waals surface area contributed by atoms with E-state index >= 15 is 0 Å². The zero-order chi connectivity index (χ0) is 10.6. The van der Waals surface area contributed by atoms with Crippen LogP contribution in [-0.2, 0) is 11.3 Å². The van der Waals surface area contributed by atoms with Gasteiger partial charge in [0, 0.05) is 34.4 Å². The van der Waals surface area contributed by atoms with E-state index in [-0.39, 0.29) is 0 Å². The Balaban J connectivity index is 2.73. The Hall–Kier alpha value is -0.880. The van der Waals surface area contributed by atoms with Gasteiger partial charge in [0.05, 0.1) is 0 Å². The molecule has 6 heteroatoms. The Morgan fingerprint density at radius 1 is 1.57 bits per heavy atom. The summed E-state index contributed by atoms with van der Waals surface area (Å²) in [6.45, 7) is 1.57. The first-order valence-corrected chi connectivity index (χ1v) is 4.89. The van der Waals surface area contributed by atoms with Crippen LogP contribution in [0.15, 0.2) is 0 Å². The van der Waals surface area contributed by atoms with E-state index in [1.165, 1.54) is 0 Å². The number of nitrogens with one attached hydrogen (secondary N) is 1. The second-order valence-electron chi connectivity index (χ2n) is 3.22. The van der Waals surface area contributed by atoms with E-state index in [1.807, 2.05) is 23.6 Å². The van der Waals surface area contributed by atoms with E-state index in [0.29, 0.717) is 4.77 Å². The molecule has 0 spiro atoms. The summed E-state index contributed by atoms with van der Waals surface area (Å²) in [5.41, 5.74) is 0. The topological polar surface area (TPSA) is 46.1 Å². The summed E-state index contributed by atoms with van der Waals surface area (Å²) in [5.74, 6) is 0.853. The van der Waals surface area contributed by atoms with Gasteiger partial charge in [-0.3, -0.25) is 4.57 Å². The fourth-order valence-electron chi connectivity index (χ4n) is 1.22. The highest BCUT2D eigenvalue weighted by molar-refractivity contribution is 7.71. The lowest BCUT2D eigenvalue weighted by Gasteiger charge is -2.12. The van der Waals surface area contributed by atoms with Gasteiger partial charge in [0.25, 0.3) is 0 Å². The maximum atomic E-state index is 5.12. The number of hydrogen-bond acceptors (Lipinski definition) is 4. The summed E-state index contributed by atoms with van der Waals surface area (Å²) >= 11 is 5.12. The quantitative estimate of drug-likeness (QED) is 0.590. The van der Waals surface area contributed by atoms with Crippen molar-refractivity contribution in [3.8, 4) is 0 Å². The average molecular weight is 216 g/mol. The second-order valence-corrected chi connectivity index (χ2v) is 3.61. The molecule has 1 rings (SSSR count). The summed E-state index contributed by atoms with van der Waals surface area (Å²) in [4.78, 5) is 1.93. The van der Waals surface area contributed by atoms with Crippen molar-refractivity contribution in [1.82, 2.24) is 14.8 Å². The SMILES string of the molecule is COCCCn1c(N(C)C)n[nH]c1=S. The maximum Gasteiger partial charge on any atom is 0.225 e. The molecule has 0 radical (unpaired) electrons. The van der Waals surface area contributed by atoms with Gasteiger partial charge >= 0.3 is 0 Å². The van der Waals surface area contributed by atoms with Crippen molar-refractivity contribution in [3.05, 3.63) is 4.77 Å². The van der Waals surface area contributed by atoms with Crippen molar-refractivity contribution in [1.29, 1.82) is 0 Å². The normalized spacial score (nSPS) is 10.5. The van der Waals surface area contributed by atoms with E-state index in [1.54, 1.807) is 7.11 Å². The number of aromatic nitrogens is 3. The fourth-order valence-corrected chi connectivity index (χ4v) is 1.44. The molecule has 80 valence electrons. The first-order valence-electron chi connectivity index (χ1n) is 4.48. The zero-order valence-electron chi connectivity index (χ0n) is 8.78. The molecule has 0 saturated heterocycles. The fraction of sp³-hybridized carbons (Fsp3) is 0.750. The molecule has 1 aromatic rings. The van der Waals surface area contributed by atoms with Gasteiger partial charge in [-0.25, -0.2) is 5.10 Å². The molecule has 1 heterocycles. The van der Waals surface area contributed by atoms with Crippen molar-refractivity contribution in [2.45, 2.75) is 13.0 Å². The molecule has 0 fully saturated rings. The predicted octanol–water partition coefficient (Wildman–Crippen LogP) is 1.04. The Morgan fingerprint density at radius 2 is 2.29 bits per heavy atom. The van der Waals surface area contributed by atoms with E-state index in [9.17, 15) is 0 Å². The van der Waals surface area contributed by atoms with Gasteiger partial charge in [0.15, 0.2) is 4.77 Å². The van der Waals surface area contributed by atoms with Gasteiger partial charge in [-0.1, -0.05) is 0 Å². The van der Waals surface area contributed by atoms with Crippen LogP contribution >= 0.6 is 12.2 Å². The summed E-state index contributed by atoms with van der Waals surface area (Å²) in [6.07, 6.45) is 0.936. The number of hydrogen-bond donors (Lipinski definition) is 1. The van der Waals surface area contributed by atoms with Crippen LogP contribution in [0.3, 0.4) is 0 Å². The molecule has 0 amide bonds. The summed E-state index contributed by atoms with van der Waals surface area (Å²) in [7, 11) is 5.58. The monoisotopic (exact) mass is 216 g/mol. The minimum Gasteiger partial charge on any atom is -0.385 e. The van der Waals surface area contributed by atoms with Crippen LogP contribution in [0.2, 0.25) is 0 Å².